The van der Waals surface area contributed by atoms with Crippen LogP contribution in [0.25, 0.3) is 17.0 Å². The van der Waals surface area contributed by atoms with Crippen LogP contribution in [0.4, 0.5) is 0 Å². The number of rotatable bonds is 2. The zero-order valence-electron chi connectivity index (χ0n) is 11.2. The van der Waals surface area contributed by atoms with Crippen LogP contribution in [-0.2, 0) is 0 Å². The summed E-state index contributed by atoms with van der Waals surface area (Å²) in [6.45, 7) is 6.18. The van der Waals surface area contributed by atoms with Crippen molar-refractivity contribution in [3.63, 3.8) is 0 Å². The quantitative estimate of drug-likeness (QED) is 0.704. The smallest absolute Gasteiger partial charge is 0.208 e. The van der Waals surface area contributed by atoms with Gasteiger partial charge in [0.25, 0.3) is 5.78 Å². The fraction of sp³-hybridized carbons (Fsp3) is 0.286. The van der Waals surface area contributed by atoms with E-state index in [4.69, 9.17) is 0 Å². The van der Waals surface area contributed by atoms with Crippen LogP contribution in [0.1, 0.15) is 31.2 Å². The second kappa shape index (κ2) is 4.42. The normalized spacial score (nSPS) is 11.4. The van der Waals surface area contributed by atoms with E-state index in [0.29, 0.717) is 5.78 Å². The van der Waals surface area contributed by atoms with Gasteiger partial charge in [0.15, 0.2) is 5.82 Å². The molecule has 0 radical (unpaired) electrons. The lowest BCUT2D eigenvalue weighted by atomic mass is 10.1. The molecule has 0 aliphatic heterocycles. The summed E-state index contributed by atoms with van der Waals surface area (Å²) in [6, 6.07) is 8.19. The highest BCUT2D eigenvalue weighted by atomic mass is 15.4. The number of fused-ring (bicyclic) bond motifs is 1. The molecule has 2 aromatic heterocycles. The average Bonchev–Trinajstić information content (AvgIpc) is 2.82. The van der Waals surface area contributed by atoms with Crippen LogP contribution in [0, 0.1) is 6.92 Å². The van der Waals surface area contributed by atoms with E-state index in [9.17, 15) is 0 Å². The summed E-state index contributed by atoms with van der Waals surface area (Å²) in [4.78, 5) is 4.51. The molecule has 96 valence electrons. The van der Waals surface area contributed by atoms with Gasteiger partial charge in [-0.2, -0.15) is 9.61 Å². The van der Waals surface area contributed by atoms with Crippen LogP contribution >= 0.6 is 0 Å². The maximum atomic E-state index is 4.51. The zero-order chi connectivity index (χ0) is 13.4. The van der Waals surface area contributed by atoms with E-state index in [1.54, 1.807) is 10.7 Å². The molecular formula is C14H15N5. The summed E-state index contributed by atoms with van der Waals surface area (Å²) in [7, 11) is 0. The molecule has 0 saturated carbocycles. The van der Waals surface area contributed by atoms with E-state index in [1.165, 1.54) is 5.56 Å². The van der Waals surface area contributed by atoms with E-state index in [-0.39, 0.29) is 5.92 Å². The fourth-order valence-electron chi connectivity index (χ4n) is 1.94. The molecule has 0 bridgehead atoms. The van der Waals surface area contributed by atoms with E-state index < -0.39 is 0 Å². The summed E-state index contributed by atoms with van der Waals surface area (Å²) in [5.41, 5.74) is 3.08. The Morgan fingerprint density at radius 1 is 1.05 bits per heavy atom. The van der Waals surface area contributed by atoms with E-state index in [2.05, 4.69) is 53.2 Å². The largest absolute Gasteiger partial charge is 0.272 e. The predicted octanol–water partition coefficient (Wildman–Crippen LogP) is 2.62. The van der Waals surface area contributed by atoms with Crippen molar-refractivity contribution in [3.05, 3.63) is 41.9 Å². The highest BCUT2D eigenvalue weighted by molar-refractivity contribution is 5.59. The van der Waals surface area contributed by atoms with Crippen molar-refractivity contribution in [1.82, 2.24) is 24.8 Å². The van der Waals surface area contributed by atoms with Gasteiger partial charge in [-0.15, -0.1) is 10.2 Å². The Hall–Kier alpha value is -2.30. The molecular weight excluding hydrogens is 238 g/mol. The third-order valence-electron chi connectivity index (χ3n) is 3.03. The maximum absolute atomic E-state index is 4.51. The molecule has 0 fully saturated rings. The maximum Gasteiger partial charge on any atom is 0.272 e. The average molecular weight is 253 g/mol. The van der Waals surface area contributed by atoms with Gasteiger partial charge in [-0.3, -0.25) is 0 Å². The standard InChI is InChI=1S/C14H15N5/c1-9(2)13-17-18-14-16-12(8-15-19(13)14)11-6-4-10(3)5-7-11/h4-9H,1-3H3. The highest BCUT2D eigenvalue weighted by Gasteiger charge is 2.12. The van der Waals surface area contributed by atoms with Crippen molar-refractivity contribution in [2.45, 2.75) is 26.7 Å². The first-order valence-corrected chi connectivity index (χ1v) is 6.30. The number of nitrogens with zero attached hydrogens (tertiary/aromatic N) is 5. The van der Waals surface area contributed by atoms with Crippen molar-refractivity contribution in [2.75, 3.05) is 0 Å². The van der Waals surface area contributed by atoms with Crippen LogP contribution in [0.2, 0.25) is 0 Å². The molecule has 3 rings (SSSR count). The molecule has 0 amide bonds. The first-order chi connectivity index (χ1) is 9.15. The van der Waals surface area contributed by atoms with E-state index >= 15 is 0 Å². The van der Waals surface area contributed by atoms with Crippen LogP contribution in [0.5, 0.6) is 0 Å². The van der Waals surface area contributed by atoms with Gasteiger partial charge < -0.3 is 0 Å². The van der Waals surface area contributed by atoms with Gasteiger partial charge in [0.1, 0.15) is 0 Å². The topological polar surface area (TPSA) is 56.0 Å². The number of hydrogen-bond donors (Lipinski definition) is 0. The van der Waals surface area contributed by atoms with Gasteiger partial charge in [-0.05, 0) is 6.92 Å². The van der Waals surface area contributed by atoms with Crippen molar-refractivity contribution < 1.29 is 0 Å². The molecule has 5 nitrogen and oxygen atoms in total. The second-order valence-electron chi connectivity index (χ2n) is 4.93. The number of benzene rings is 1. The van der Waals surface area contributed by atoms with Crippen molar-refractivity contribution in [1.29, 1.82) is 0 Å². The lowest BCUT2D eigenvalue weighted by Crippen LogP contribution is -2.02. The summed E-state index contributed by atoms with van der Waals surface area (Å²) >= 11 is 0. The van der Waals surface area contributed by atoms with Crippen molar-refractivity contribution in [3.8, 4) is 11.3 Å². The lowest BCUT2D eigenvalue weighted by Gasteiger charge is -2.03. The van der Waals surface area contributed by atoms with Crippen LogP contribution in [0.15, 0.2) is 30.5 Å². The Bertz CT molecular complexity index is 712. The highest BCUT2D eigenvalue weighted by Crippen LogP contribution is 2.18. The van der Waals surface area contributed by atoms with Gasteiger partial charge in [0, 0.05) is 11.5 Å². The Kier molecular flexibility index (Phi) is 2.74. The summed E-state index contributed by atoms with van der Waals surface area (Å²) < 4.78 is 1.70. The lowest BCUT2D eigenvalue weighted by molar-refractivity contribution is 0.717. The SMILES string of the molecule is Cc1ccc(-c2cnn3c(C(C)C)nnc3n2)cc1. The molecule has 0 saturated heterocycles. The molecule has 2 heterocycles. The van der Waals surface area contributed by atoms with Gasteiger partial charge in [-0.1, -0.05) is 43.7 Å². The van der Waals surface area contributed by atoms with E-state index in [1.807, 2.05) is 12.1 Å². The minimum atomic E-state index is 0.273. The summed E-state index contributed by atoms with van der Waals surface area (Å²) in [5.74, 6) is 1.65. The molecule has 19 heavy (non-hydrogen) atoms. The second-order valence-corrected chi connectivity index (χ2v) is 4.93. The molecule has 0 aliphatic rings. The molecule has 5 heteroatoms. The predicted molar refractivity (Wildman–Crippen MR) is 72.8 cm³/mol. The first-order valence-electron chi connectivity index (χ1n) is 6.30. The Morgan fingerprint density at radius 2 is 1.79 bits per heavy atom. The monoisotopic (exact) mass is 253 g/mol. The Morgan fingerprint density at radius 3 is 2.47 bits per heavy atom. The van der Waals surface area contributed by atoms with Gasteiger partial charge >= 0.3 is 0 Å². The minimum absolute atomic E-state index is 0.273. The molecule has 0 aliphatic carbocycles. The van der Waals surface area contributed by atoms with Gasteiger partial charge in [0.2, 0.25) is 0 Å². The first kappa shape index (κ1) is 11.8. The van der Waals surface area contributed by atoms with Crippen LogP contribution in [0.3, 0.4) is 0 Å². The molecule has 0 N–H and O–H groups in total. The van der Waals surface area contributed by atoms with Crippen LogP contribution < -0.4 is 0 Å². The molecule has 3 aromatic rings. The molecule has 0 spiro atoms. The third-order valence-corrected chi connectivity index (χ3v) is 3.03. The van der Waals surface area contributed by atoms with E-state index in [0.717, 1.165) is 17.1 Å². The number of aromatic nitrogens is 5. The van der Waals surface area contributed by atoms with Gasteiger partial charge in [-0.25, -0.2) is 4.98 Å². The van der Waals surface area contributed by atoms with Crippen molar-refractivity contribution in [2.24, 2.45) is 0 Å². The molecule has 1 aromatic carbocycles. The molecule has 0 atom stereocenters. The summed E-state index contributed by atoms with van der Waals surface area (Å²) in [6.07, 6.45) is 1.76. The van der Waals surface area contributed by atoms with Crippen molar-refractivity contribution >= 4 is 5.78 Å². The fourth-order valence-corrected chi connectivity index (χ4v) is 1.94. The Labute approximate surface area is 111 Å². The van der Waals surface area contributed by atoms with Crippen LogP contribution in [-0.4, -0.2) is 24.8 Å². The number of aryl methyl sites for hydroxylation is 1. The zero-order valence-corrected chi connectivity index (χ0v) is 11.2. The van der Waals surface area contributed by atoms with Gasteiger partial charge in [0.05, 0.1) is 11.9 Å². The minimum Gasteiger partial charge on any atom is -0.208 e. The third kappa shape index (κ3) is 2.07. The summed E-state index contributed by atoms with van der Waals surface area (Å²) in [5, 5.41) is 12.6. The number of hydrogen-bond acceptors (Lipinski definition) is 4. The Balaban J connectivity index is 2.09. The molecule has 0 unspecified atom stereocenters.